The highest BCUT2D eigenvalue weighted by molar-refractivity contribution is 9.10. The number of hydrogen-bond acceptors (Lipinski definition) is 6. The number of ether oxygens (including phenoxy) is 3. The number of rotatable bonds is 9. The zero-order valence-corrected chi connectivity index (χ0v) is 27.9. The number of carbonyl (C=O) groups is 2. The third-order valence-electron chi connectivity index (χ3n) is 7.71. The molecule has 0 N–H and O–H groups in total. The molecule has 42 heavy (non-hydrogen) atoms. The van der Waals surface area contributed by atoms with Gasteiger partial charge in [-0.25, -0.2) is 4.79 Å². The number of aryl methyl sites for hydroxylation is 1. The molecule has 1 aliphatic heterocycles. The van der Waals surface area contributed by atoms with Gasteiger partial charge in [0.25, 0.3) is 0 Å². The molecule has 0 spiro atoms. The van der Waals surface area contributed by atoms with Crippen LogP contribution in [0.5, 0.6) is 0 Å². The Bertz CT molecular complexity index is 1470. The van der Waals surface area contributed by atoms with E-state index in [2.05, 4.69) is 65.5 Å². The van der Waals surface area contributed by atoms with Gasteiger partial charge in [0.1, 0.15) is 5.60 Å². The molecule has 1 amide bonds. The first kappa shape index (κ1) is 32.0. The second-order valence-corrected chi connectivity index (χ2v) is 13.9. The lowest BCUT2D eigenvalue weighted by atomic mass is 9.83. The van der Waals surface area contributed by atoms with Gasteiger partial charge in [0.15, 0.2) is 0 Å². The predicted molar refractivity (Wildman–Crippen MR) is 169 cm³/mol. The highest BCUT2D eigenvalue weighted by Crippen LogP contribution is 2.42. The topological polar surface area (TPSA) is 82.9 Å². The molecule has 0 saturated carbocycles. The summed E-state index contributed by atoms with van der Waals surface area (Å²) in [5, 5.41) is 1.15. The number of amides is 1. The summed E-state index contributed by atoms with van der Waals surface area (Å²) >= 11 is 3.69. The van der Waals surface area contributed by atoms with Crippen molar-refractivity contribution < 1.29 is 23.8 Å². The summed E-state index contributed by atoms with van der Waals surface area (Å²) in [5.41, 5.74) is 5.53. The van der Waals surface area contributed by atoms with E-state index < -0.39 is 5.60 Å². The minimum Gasteiger partial charge on any atom is -0.465 e. The number of esters is 1. The Morgan fingerprint density at radius 3 is 2.43 bits per heavy atom. The second kappa shape index (κ2) is 12.4. The van der Waals surface area contributed by atoms with E-state index in [0.29, 0.717) is 26.1 Å². The average Bonchev–Trinajstić information content (AvgIpc) is 3.16. The number of hydrogen-bond donors (Lipinski definition) is 0. The summed E-state index contributed by atoms with van der Waals surface area (Å²) in [6, 6.07) is 8.62. The van der Waals surface area contributed by atoms with E-state index in [9.17, 15) is 9.59 Å². The van der Waals surface area contributed by atoms with E-state index in [1.807, 2.05) is 33.9 Å². The molecule has 0 bridgehead atoms. The van der Waals surface area contributed by atoms with Gasteiger partial charge in [-0.05, 0) is 76.4 Å². The molecule has 2 aromatic heterocycles. The standard InChI is InChI=1S/C33H44BrN3O5/c1-10-37-28-12-11-24(34)14-25(28)27(15-33(7,8)19-41-21(3)38)30(37)26-13-22(16-35-29(26)20(2)40-9)23-17-36(18-23)31(39)42-32(4,5)6/h11-14,16,20,23H,10,15,17-19H2,1-9H3/t20-/m0/s1. The maximum absolute atomic E-state index is 12.6. The van der Waals surface area contributed by atoms with Crippen molar-refractivity contribution in [3.8, 4) is 11.3 Å². The van der Waals surface area contributed by atoms with Crippen molar-refractivity contribution >= 4 is 38.9 Å². The number of benzene rings is 1. The largest absolute Gasteiger partial charge is 0.465 e. The van der Waals surface area contributed by atoms with Crippen LogP contribution in [0.3, 0.4) is 0 Å². The molecule has 1 aromatic carbocycles. The Hall–Kier alpha value is -2.91. The van der Waals surface area contributed by atoms with Crippen LogP contribution in [0.25, 0.3) is 22.2 Å². The Labute approximate surface area is 257 Å². The van der Waals surface area contributed by atoms with Gasteiger partial charge in [-0.15, -0.1) is 0 Å². The molecule has 1 atom stereocenters. The Balaban J connectivity index is 1.84. The summed E-state index contributed by atoms with van der Waals surface area (Å²) in [5.74, 6) is -0.121. The summed E-state index contributed by atoms with van der Waals surface area (Å²) in [6.45, 7) is 17.7. The van der Waals surface area contributed by atoms with E-state index in [-0.39, 0.29) is 29.5 Å². The highest BCUT2D eigenvalue weighted by atomic mass is 79.9. The number of carbonyl (C=O) groups excluding carboxylic acids is 2. The van der Waals surface area contributed by atoms with Gasteiger partial charge in [-0.3, -0.25) is 9.78 Å². The monoisotopic (exact) mass is 641 g/mol. The van der Waals surface area contributed by atoms with Gasteiger partial charge >= 0.3 is 12.1 Å². The molecule has 9 heteroatoms. The molecule has 0 aliphatic carbocycles. The van der Waals surface area contributed by atoms with E-state index in [0.717, 1.165) is 44.4 Å². The summed E-state index contributed by atoms with van der Waals surface area (Å²) in [7, 11) is 1.70. The molecule has 0 radical (unpaired) electrons. The van der Waals surface area contributed by atoms with Gasteiger partial charge in [0.05, 0.1) is 24.1 Å². The first-order valence-electron chi connectivity index (χ1n) is 14.6. The fourth-order valence-corrected chi connectivity index (χ4v) is 5.90. The third kappa shape index (κ3) is 7.00. The fourth-order valence-electron chi connectivity index (χ4n) is 5.54. The number of likely N-dealkylation sites (tertiary alicyclic amines) is 1. The van der Waals surface area contributed by atoms with Crippen LogP contribution in [0.15, 0.2) is 34.9 Å². The maximum Gasteiger partial charge on any atom is 0.410 e. The molecule has 1 aliphatic rings. The number of methoxy groups -OCH3 is 1. The zero-order valence-electron chi connectivity index (χ0n) is 26.3. The van der Waals surface area contributed by atoms with Crippen molar-refractivity contribution in [2.45, 2.75) is 86.0 Å². The van der Waals surface area contributed by atoms with E-state index in [1.54, 1.807) is 12.0 Å². The highest BCUT2D eigenvalue weighted by Gasteiger charge is 2.36. The quantitative estimate of drug-likeness (QED) is 0.223. The van der Waals surface area contributed by atoms with Gasteiger partial charge in [0, 0.05) is 72.1 Å². The summed E-state index contributed by atoms with van der Waals surface area (Å²) in [4.78, 5) is 31.0. The fraction of sp³-hybridized carbons (Fsp3) is 0.545. The zero-order chi connectivity index (χ0) is 31.0. The first-order chi connectivity index (χ1) is 19.6. The van der Waals surface area contributed by atoms with E-state index in [1.165, 1.54) is 12.5 Å². The minimum atomic E-state index is -0.531. The van der Waals surface area contributed by atoms with Crippen LogP contribution in [0, 0.1) is 5.41 Å². The van der Waals surface area contributed by atoms with Crippen LogP contribution in [0.2, 0.25) is 0 Å². The first-order valence-corrected chi connectivity index (χ1v) is 15.4. The smallest absolute Gasteiger partial charge is 0.410 e. The van der Waals surface area contributed by atoms with Crippen LogP contribution in [0.4, 0.5) is 4.79 Å². The molecule has 4 rings (SSSR count). The van der Waals surface area contributed by atoms with Crippen molar-refractivity contribution in [3.63, 3.8) is 0 Å². The number of halogens is 1. The number of aromatic nitrogens is 2. The van der Waals surface area contributed by atoms with Crippen LogP contribution < -0.4 is 0 Å². The number of pyridine rings is 1. The van der Waals surface area contributed by atoms with Crippen LogP contribution in [0.1, 0.15) is 84.2 Å². The van der Waals surface area contributed by atoms with Gasteiger partial charge in [-0.2, -0.15) is 0 Å². The van der Waals surface area contributed by atoms with Crippen molar-refractivity contribution in [1.29, 1.82) is 0 Å². The molecular weight excluding hydrogens is 598 g/mol. The third-order valence-corrected chi connectivity index (χ3v) is 8.20. The van der Waals surface area contributed by atoms with Gasteiger partial charge in [-0.1, -0.05) is 29.8 Å². The molecule has 1 saturated heterocycles. The molecule has 1 fully saturated rings. The minimum absolute atomic E-state index is 0.160. The lowest BCUT2D eigenvalue weighted by molar-refractivity contribution is -0.143. The Morgan fingerprint density at radius 1 is 1.14 bits per heavy atom. The SMILES string of the molecule is CCn1c(-c2cc(C3CN(C(=O)OC(C)(C)C)C3)cnc2[C@H](C)OC)c(CC(C)(C)COC(C)=O)c2cc(Br)ccc21. The Kier molecular flexibility index (Phi) is 9.43. The molecule has 0 unspecified atom stereocenters. The number of fused-ring (bicyclic) bond motifs is 1. The molecule has 228 valence electrons. The molecule has 8 nitrogen and oxygen atoms in total. The molecule has 3 heterocycles. The lowest BCUT2D eigenvalue weighted by Crippen LogP contribution is -2.50. The van der Waals surface area contributed by atoms with Gasteiger partial charge < -0.3 is 23.7 Å². The normalized spacial score (nSPS) is 15.0. The van der Waals surface area contributed by atoms with Crippen LogP contribution in [-0.2, 0) is 32.0 Å². The number of nitrogens with zero attached hydrogens (tertiary/aromatic N) is 3. The van der Waals surface area contributed by atoms with Crippen molar-refractivity contribution in [3.05, 3.63) is 51.8 Å². The second-order valence-electron chi connectivity index (χ2n) is 13.0. The van der Waals surface area contributed by atoms with Crippen LogP contribution >= 0.6 is 15.9 Å². The summed E-state index contributed by atoms with van der Waals surface area (Å²) in [6.07, 6.45) is 2.10. The predicted octanol–water partition coefficient (Wildman–Crippen LogP) is 7.66. The Morgan fingerprint density at radius 2 is 1.83 bits per heavy atom. The summed E-state index contributed by atoms with van der Waals surface area (Å²) < 4.78 is 20.2. The van der Waals surface area contributed by atoms with Crippen LogP contribution in [-0.4, -0.2) is 58.9 Å². The maximum atomic E-state index is 12.6. The molecular formula is C33H44BrN3O5. The van der Waals surface area contributed by atoms with Crippen molar-refractivity contribution in [2.75, 3.05) is 26.8 Å². The average molecular weight is 643 g/mol. The van der Waals surface area contributed by atoms with E-state index >= 15 is 0 Å². The van der Waals surface area contributed by atoms with Crippen molar-refractivity contribution in [2.24, 2.45) is 5.41 Å². The van der Waals surface area contributed by atoms with Crippen molar-refractivity contribution in [1.82, 2.24) is 14.5 Å². The van der Waals surface area contributed by atoms with Gasteiger partial charge in [0.2, 0.25) is 0 Å². The van der Waals surface area contributed by atoms with E-state index in [4.69, 9.17) is 19.2 Å². The molecule has 3 aromatic rings. The lowest BCUT2D eigenvalue weighted by Gasteiger charge is -2.40.